The molecule has 1 aliphatic heterocycles. The number of aliphatic imine (C=N–C) groups is 1. The summed E-state index contributed by atoms with van der Waals surface area (Å²) in [6.45, 7) is 3.76. The average molecular weight is 423 g/mol. The molecule has 1 saturated heterocycles. The van der Waals surface area contributed by atoms with E-state index in [1.165, 1.54) is 24.1 Å². The van der Waals surface area contributed by atoms with Gasteiger partial charge in [-0.3, -0.25) is 4.99 Å². The smallest absolute Gasteiger partial charge is 0.193 e. The van der Waals surface area contributed by atoms with E-state index in [1.54, 1.807) is 11.3 Å². The Morgan fingerprint density at radius 1 is 1.48 bits per heavy atom. The van der Waals surface area contributed by atoms with E-state index in [0.29, 0.717) is 0 Å². The number of thiophene rings is 1. The number of guanidine groups is 1. The number of nitrogens with one attached hydrogen (secondary N) is 1. The highest BCUT2D eigenvalue weighted by Gasteiger charge is 2.15. The van der Waals surface area contributed by atoms with Gasteiger partial charge in [0.2, 0.25) is 0 Å². The summed E-state index contributed by atoms with van der Waals surface area (Å²) >= 11 is 1.77. The van der Waals surface area contributed by atoms with Crippen molar-refractivity contribution in [2.45, 2.75) is 25.8 Å². The van der Waals surface area contributed by atoms with Crippen LogP contribution in [-0.4, -0.2) is 44.7 Å². The van der Waals surface area contributed by atoms with Gasteiger partial charge in [-0.1, -0.05) is 6.07 Å². The molecule has 1 aromatic rings. The highest BCUT2D eigenvalue weighted by Crippen LogP contribution is 2.18. The molecular weight excluding hydrogens is 397 g/mol. The van der Waals surface area contributed by atoms with Gasteiger partial charge >= 0.3 is 0 Å². The normalized spacial score (nSPS) is 16.4. The van der Waals surface area contributed by atoms with Crippen molar-refractivity contribution in [3.05, 3.63) is 22.4 Å². The summed E-state index contributed by atoms with van der Waals surface area (Å²) < 4.78 is 5.41. The number of hydrogen-bond donors (Lipinski definition) is 1. The zero-order chi connectivity index (χ0) is 14.2. The van der Waals surface area contributed by atoms with Crippen molar-refractivity contribution in [3.63, 3.8) is 0 Å². The lowest BCUT2D eigenvalue weighted by molar-refractivity contribution is 0.0625. The van der Waals surface area contributed by atoms with Gasteiger partial charge in [0.05, 0.1) is 6.54 Å². The van der Waals surface area contributed by atoms with Crippen molar-refractivity contribution in [3.8, 4) is 0 Å². The highest BCUT2D eigenvalue weighted by atomic mass is 127. The number of ether oxygens (including phenoxy) is 1. The zero-order valence-corrected chi connectivity index (χ0v) is 16.0. The molecule has 1 fully saturated rings. The lowest BCUT2D eigenvalue weighted by Gasteiger charge is -2.26. The highest BCUT2D eigenvalue weighted by molar-refractivity contribution is 14.0. The Morgan fingerprint density at radius 2 is 2.24 bits per heavy atom. The molecule has 0 aliphatic carbocycles. The fourth-order valence-electron chi connectivity index (χ4n) is 2.48. The topological polar surface area (TPSA) is 36.9 Å². The van der Waals surface area contributed by atoms with E-state index in [2.05, 4.69) is 39.8 Å². The monoisotopic (exact) mass is 423 g/mol. The number of halogens is 1. The van der Waals surface area contributed by atoms with Crippen molar-refractivity contribution in [2.24, 2.45) is 10.9 Å². The molecule has 0 atom stereocenters. The van der Waals surface area contributed by atoms with Crippen molar-refractivity contribution in [1.29, 1.82) is 0 Å². The molecule has 0 bridgehead atoms. The van der Waals surface area contributed by atoms with Crippen LogP contribution in [0.15, 0.2) is 22.5 Å². The van der Waals surface area contributed by atoms with Crippen LogP contribution in [0.3, 0.4) is 0 Å². The first-order valence-corrected chi connectivity index (χ1v) is 8.19. The van der Waals surface area contributed by atoms with Crippen molar-refractivity contribution in [2.75, 3.05) is 33.9 Å². The van der Waals surface area contributed by atoms with Crippen molar-refractivity contribution in [1.82, 2.24) is 10.2 Å². The van der Waals surface area contributed by atoms with E-state index in [-0.39, 0.29) is 24.0 Å². The molecule has 0 unspecified atom stereocenters. The van der Waals surface area contributed by atoms with Crippen LogP contribution in [-0.2, 0) is 11.3 Å². The molecular formula is C15H26IN3OS. The minimum atomic E-state index is 0. The first-order valence-electron chi connectivity index (χ1n) is 7.31. The van der Waals surface area contributed by atoms with E-state index in [0.717, 1.165) is 38.2 Å². The van der Waals surface area contributed by atoms with Crippen LogP contribution < -0.4 is 5.32 Å². The molecule has 0 amide bonds. The van der Waals surface area contributed by atoms with Gasteiger partial charge in [-0.15, -0.1) is 35.3 Å². The van der Waals surface area contributed by atoms with Crippen molar-refractivity contribution >= 4 is 41.3 Å². The average Bonchev–Trinajstić information content (AvgIpc) is 3.00. The van der Waals surface area contributed by atoms with Gasteiger partial charge in [-0.05, 0) is 36.6 Å². The Morgan fingerprint density at radius 3 is 2.86 bits per heavy atom. The van der Waals surface area contributed by atoms with Crippen LogP contribution in [0.25, 0.3) is 0 Å². The second kappa shape index (κ2) is 10.4. The maximum Gasteiger partial charge on any atom is 0.193 e. The fraction of sp³-hybridized carbons (Fsp3) is 0.667. The van der Waals surface area contributed by atoms with E-state index >= 15 is 0 Å². The molecule has 0 aromatic carbocycles. The number of rotatable bonds is 5. The SMILES string of the molecule is CN=C(NCc1cccs1)N(C)CCC1CCOCC1.I. The Bertz CT molecular complexity index is 405. The van der Waals surface area contributed by atoms with Crippen LogP contribution in [0.2, 0.25) is 0 Å². The first kappa shape index (κ1) is 18.7. The van der Waals surface area contributed by atoms with Gasteiger partial charge < -0.3 is 15.0 Å². The third-order valence-electron chi connectivity index (χ3n) is 3.79. The van der Waals surface area contributed by atoms with Crippen LogP contribution in [0, 0.1) is 5.92 Å². The predicted molar refractivity (Wildman–Crippen MR) is 101 cm³/mol. The largest absolute Gasteiger partial charge is 0.381 e. The lowest BCUT2D eigenvalue weighted by Crippen LogP contribution is -2.39. The molecule has 21 heavy (non-hydrogen) atoms. The molecule has 2 rings (SSSR count). The molecule has 120 valence electrons. The van der Waals surface area contributed by atoms with Gasteiger partial charge in [-0.25, -0.2) is 0 Å². The minimum absolute atomic E-state index is 0. The van der Waals surface area contributed by atoms with Gasteiger partial charge in [0.15, 0.2) is 5.96 Å². The number of nitrogens with zero attached hydrogens (tertiary/aromatic N) is 2. The Hall–Kier alpha value is -0.340. The minimum Gasteiger partial charge on any atom is -0.381 e. The summed E-state index contributed by atoms with van der Waals surface area (Å²) in [5.74, 6) is 1.78. The third kappa shape index (κ3) is 6.52. The summed E-state index contributed by atoms with van der Waals surface area (Å²) in [6, 6.07) is 4.23. The maximum absolute atomic E-state index is 5.41. The van der Waals surface area contributed by atoms with E-state index < -0.39 is 0 Å². The molecule has 6 heteroatoms. The molecule has 4 nitrogen and oxygen atoms in total. The lowest BCUT2D eigenvalue weighted by atomic mass is 9.96. The third-order valence-corrected chi connectivity index (χ3v) is 4.66. The first-order chi connectivity index (χ1) is 9.79. The summed E-state index contributed by atoms with van der Waals surface area (Å²) in [5, 5.41) is 5.53. The van der Waals surface area contributed by atoms with Crippen LogP contribution in [0.5, 0.6) is 0 Å². The van der Waals surface area contributed by atoms with E-state index in [9.17, 15) is 0 Å². The molecule has 0 spiro atoms. The zero-order valence-electron chi connectivity index (χ0n) is 12.9. The molecule has 1 aromatic heterocycles. The molecule has 2 heterocycles. The second-order valence-corrected chi connectivity index (χ2v) is 6.28. The maximum atomic E-state index is 5.41. The van der Waals surface area contributed by atoms with Gasteiger partial charge in [0, 0.05) is 38.7 Å². The molecule has 1 aliphatic rings. The van der Waals surface area contributed by atoms with Gasteiger partial charge in [0.1, 0.15) is 0 Å². The Kier molecular flexibility index (Phi) is 9.26. The fourth-order valence-corrected chi connectivity index (χ4v) is 3.13. The second-order valence-electron chi connectivity index (χ2n) is 5.25. The summed E-state index contributed by atoms with van der Waals surface area (Å²) in [7, 11) is 3.96. The van der Waals surface area contributed by atoms with Crippen LogP contribution >= 0.6 is 35.3 Å². The van der Waals surface area contributed by atoms with E-state index in [4.69, 9.17) is 4.74 Å². The summed E-state index contributed by atoms with van der Waals surface area (Å²) in [6.07, 6.45) is 3.63. The number of hydrogen-bond acceptors (Lipinski definition) is 3. The summed E-state index contributed by atoms with van der Waals surface area (Å²) in [5.41, 5.74) is 0. The van der Waals surface area contributed by atoms with Crippen LogP contribution in [0.4, 0.5) is 0 Å². The molecule has 0 radical (unpaired) electrons. The van der Waals surface area contributed by atoms with Gasteiger partial charge in [0.25, 0.3) is 0 Å². The van der Waals surface area contributed by atoms with E-state index in [1.807, 2.05) is 7.05 Å². The van der Waals surface area contributed by atoms with Crippen molar-refractivity contribution < 1.29 is 4.74 Å². The molecule has 1 N–H and O–H groups in total. The van der Waals surface area contributed by atoms with Gasteiger partial charge in [-0.2, -0.15) is 0 Å². The standard InChI is InChI=1S/C15H25N3OS.HI/c1-16-15(17-12-14-4-3-11-20-14)18(2)8-5-13-6-9-19-10-7-13;/h3-4,11,13H,5-10,12H2,1-2H3,(H,16,17);1H. The quantitative estimate of drug-likeness (QED) is 0.449. The molecule has 0 saturated carbocycles. The summed E-state index contributed by atoms with van der Waals surface area (Å²) in [4.78, 5) is 7.92. The predicted octanol–water partition coefficient (Wildman–Crippen LogP) is 3.19. The Labute approximate surface area is 149 Å². The Balaban J connectivity index is 0.00000220. The van der Waals surface area contributed by atoms with Crippen LogP contribution in [0.1, 0.15) is 24.1 Å².